The molecule has 6 heteroatoms. The lowest BCUT2D eigenvalue weighted by Crippen LogP contribution is -2.53. The maximum absolute atomic E-state index is 12.8. The number of hydrogen-bond donors (Lipinski definition) is 1. The Labute approximate surface area is 173 Å². The minimum Gasteiger partial charge on any atom is -0.352 e. The summed E-state index contributed by atoms with van der Waals surface area (Å²) in [4.78, 5) is 29.1. The lowest BCUT2D eigenvalue weighted by molar-refractivity contribution is -0.136. The predicted octanol–water partition coefficient (Wildman–Crippen LogP) is 2.70. The standard InChI is InChI=1S/C23H32N4O2/c1-26(23(18-24)12-6-3-7-13-23)21(28)17-27-14-10-20(11-15-27)22(29)25-16-19-8-4-2-5-9-19/h2,4-5,8-9,20H,3,6-7,10-17H2,1H3,(H,25,29). The van der Waals surface area contributed by atoms with Crippen LogP contribution >= 0.6 is 0 Å². The van der Waals surface area contributed by atoms with Crippen LogP contribution in [-0.2, 0) is 16.1 Å². The van der Waals surface area contributed by atoms with Crippen molar-refractivity contribution >= 4 is 11.8 Å². The molecular formula is C23H32N4O2. The van der Waals surface area contributed by atoms with E-state index < -0.39 is 5.54 Å². The van der Waals surface area contributed by atoms with Crippen LogP contribution in [0.2, 0.25) is 0 Å². The predicted molar refractivity (Wildman–Crippen MR) is 112 cm³/mol. The second-order valence-corrected chi connectivity index (χ2v) is 8.41. The van der Waals surface area contributed by atoms with Crippen molar-refractivity contribution in [2.45, 2.75) is 57.0 Å². The van der Waals surface area contributed by atoms with Crippen LogP contribution in [0.1, 0.15) is 50.5 Å². The van der Waals surface area contributed by atoms with Crippen LogP contribution in [0, 0.1) is 17.2 Å². The molecule has 1 aromatic carbocycles. The summed E-state index contributed by atoms with van der Waals surface area (Å²) in [6.07, 6.45) is 6.24. The highest BCUT2D eigenvalue weighted by atomic mass is 16.2. The summed E-state index contributed by atoms with van der Waals surface area (Å²) in [5.41, 5.74) is 0.464. The molecule has 0 radical (unpaired) electrons. The molecule has 1 saturated heterocycles. The lowest BCUT2D eigenvalue weighted by Gasteiger charge is -2.40. The van der Waals surface area contributed by atoms with E-state index in [-0.39, 0.29) is 17.7 Å². The molecule has 0 spiro atoms. The molecule has 1 N–H and O–H groups in total. The maximum atomic E-state index is 12.8. The smallest absolute Gasteiger partial charge is 0.237 e. The van der Waals surface area contributed by atoms with E-state index in [0.29, 0.717) is 13.1 Å². The van der Waals surface area contributed by atoms with E-state index in [4.69, 9.17) is 0 Å². The number of nitriles is 1. The highest BCUT2D eigenvalue weighted by Crippen LogP contribution is 2.32. The second-order valence-electron chi connectivity index (χ2n) is 8.41. The summed E-state index contributed by atoms with van der Waals surface area (Å²) in [7, 11) is 1.78. The summed E-state index contributed by atoms with van der Waals surface area (Å²) < 4.78 is 0. The second kappa shape index (κ2) is 9.89. The van der Waals surface area contributed by atoms with Gasteiger partial charge in [0.2, 0.25) is 11.8 Å². The Morgan fingerprint density at radius 1 is 1.17 bits per heavy atom. The zero-order chi connectivity index (χ0) is 20.7. The average Bonchev–Trinajstić information content (AvgIpc) is 2.78. The highest BCUT2D eigenvalue weighted by molar-refractivity contribution is 5.80. The van der Waals surface area contributed by atoms with Gasteiger partial charge in [-0.1, -0.05) is 49.6 Å². The van der Waals surface area contributed by atoms with Crippen LogP contribution in [0.4, 0.5) is 0 Å². The first-order valence-corrected chi connectivity index (χ1v) is 10.8. The van der Waals surface area contributed by atoms with Crippen molar-refractivity contribution in [2.24, 2.45) is 5.92 Å². The number of rotatable bonds is 6. The first kappa shape index (κ1) is 21.3. The third kappa shape index (κ3) is 5.36. The Hall–Kier alpha value is -2.39. The maximum Gasteiger partial charge on any atom is 0.237 e. The number of piperidine rings is 1. The number of nitrogens with one attached hydrogen (secondary N) is 1. The third-order valence-corrected chi connectivity index (χ3v) is 6.53. The molecule has 1 aliphatic carbocycles. The minimum atomic E-state index is -0.634. The number of likely N-dealkylation sites (tertiary alicyclic amines) is 1. The Bertz CT molecular complexity index is 729. The molecule has 2 fully saturated rings. The molecule has 3 rings (SSSR count). The van der Waals surface area contributed by atoms with Gasteiger partial charge in [-0.25, -0.2) is 0 Å². The van der Waals surface area contributed by atoms with E-state index in [2.05, 4.69) is 16.3 Å². The number of carbonyl (C=O) groups is 2. The van der Waals surface area contributed by atoms with Crippen molar-refractivity contribution in [1.29, 1.82) is 5.26 Å². The normalized spacial score (nSPS) is 19.9. The number of hydrogen-bond acceptors (Lipinski definition) is 4. The van der Waals surface area contributed by atoms with Gasteiger partial charge in [-0.05, 0) is 44.3 Å². The summed E-state index contributed by atoms with van der Waals surface area (Å²) in [6.45, 7) is 2.36. The molecule has 0 unspecified atom stereocenters. The Kier molecular flexibility index (Phi) is 7.27. The zero-order valence-electron chi connectivity index (χ0n) is 17.4. The highest BCUT2D eigenvalue weighted by Gasteiger charge is 2.39. The molecule has 2 amide bonds. The van der Waals surface area contributed by atoms with Crippen molar-refractivity contribution in [3.63, 3.8) is 0 Å². The van der Waals surface area contributed by atoms with E-state index in [1.54, 1.807) is 11.9 Å². The summed E-state index contributed by atoms with van der Waals surface area (Å²) in [5, 5.41) is 12.7. The molecule has 1 saturated carbocycles. The molecule has 1 heterocycles. The van der Waals surface area contributed by atoms with Gasteiger partial charge in [0.25, 0.3) is 0 Å². The van der Waals surface area contributed by atoms with Crippen molar-refractivity contribution in [3.05, 3.63) is 35.9 Å². The first-order chi connectivity index (χ1) is 14.0. The van der Waals surface area contributed by atoms with Gasteiger partial charge in [0, 0.05) is 19.5 Å². The monoisotopic (exact) mass is 396 g/mol. The van der Waals surface area contributed by atoms with Crippen LogP contribution < -0.4 is 5.32 Å². The molecular weight excluding hydrogens is 364 g/mol. The van der Waals surface area contributed by atoms with Crippen LogP contribution in [0.3, 0.4) is 0 Å². The van der Waals surface area contributed by atoms with Crippen molar-refractivity contribution in [3.8, 4) is 6.07 Å². The van der Waals surface area contributed by atoms with Crippen LogP contribution in [0.25, 0.3) is 0 Å². The van der Waals surface area contributed by atoms with Crippen molar-refractivity contribution in [1.82, 2.24) is 15.1 Å². The van der Waals surface area contributed by atoms with Crippen LogP contribution in [0.5, 0.6) is 0 Å². The zero-order valence-corrected chi connectivity index (χ0v) is 17.4. The van der Waals surface area contributed by atoms with Crippen LogP contribution in [0.15, 0.2) is 30.3 Å². The molecule has 1 aromatic rings. The number of nitrogens with zero attached hydrogens (tertiary/aromatic N) is 3. The van der Waals surface area contributed by atoms with E-state index in [1.807, 2.05) is 30.3 Å². The average molecular weight is 397 g/mol. The SMILES string of the molecule is CN(C(=O)CN1CCC(C(=O)NCc2ccccc2)CC1)C1(C#N)CCCCC1. The van der Waals surface area contributed by atoms with E-state index in [0.717, 1.165) is 63.6 Å². The quantitative estimate of drug-likeness (QED) is 0.802. The molecule has 156 valence electrons. The van der Waals surface area contributed by atoms with Gasteiger partial charge in [-0.15, -0.1) is 0 Å². The summed E-state index contributed by atoms with van der Waals surface area (Å²) >= 11 is 0. The summed E-state index contributed by atoms with van der Waals surface area (Å²) in [6, 6.07) is 12.3. The van der Waals surface area contributed by atoms with Gasteiger partial charge in [-0.3, -0.25) is 14.5 Å². The number of carbonyl (C=O) groups excluding carboxylic acids is 2. The van der Waals surface area contributed by atoms with Gasteiger partial charge in [0.05, 0.1) is 12.6 Å². The van der Waals surface area contributed by atoms with E-state index >= 15 is 0 Å². The fraction of sp³-hybridized carbons (Fsp3) is 0.609. The van der Waals surface area contributed by atoms with E-state index in [1.165, 1.54) is 0 Å². The molecule has 2 aliphatic rings. The molecule has 0 bridgehead atoms. The van der Waals surface area contributed by atoms with Gasteiger partial charge < -0.3 is 10.2 Å². The Balaban J connectivity index is 1.43. The number of amides is 2. The van der Waals surface area contributed by atoms with Crippen LogP contribution in [-0.4, -0.2) is 53.8 Å². The van der Waals surface area contributed by atoms with E-state index in [9.17, 15) is 14.9 Å². The van der Waals surface area contributed by atoms with Crippen molar-refractivity contribution < 1.29 is 9.59 Å². The number of benzene rings is 1. The van der Waals surface area contributed by atoms with Gasteiger partial charge >= 0.3 is 0 Å². The topological polar surface area (TPSA) is 76.4 Å². The largest absolute Gasteiger partial charge is 0.352 e. The third-order valence-electron chi connectivity index (χ3n) is 6.53. The summed E-state index contributed by atoms with van der Waals surface area (Å²) in [5.74, 6) is 0.120. The van der Waals surface area contributed by atoms with Gasteiger partial charge in [0.15, 0.2) is 0 Å². The van der Waals surface area contributed by atoms with Crippen molar-refractivity contribution in [2.75, 3.05) is 26.7 Å². The lowest BCUT2D eigenvalue weighted by atomic mass is 9.81. The first-order valence-electron chi connectivity index (χ1n) is 10.8. The molecule has 0 aromatic heterocycles. The molecule has 29 heavy (non-hydrogen) atoms. The molecule has 6 nitrogen and oxygen atoms in total. The molecule has 0 atom stereocenters. The number of likely N-dealkylation sites (N-methyl/N-ethyl adjacent to an activating group) is 1. The van der Waals surface area contributed by atoms with Gasteiger partial charge in [0.1, 0.15) is 5.54 Å². The minimum absolute atomic E-state index is 0.00610. The Morgan fingerprint density at radius 2 is 1.83 bits per heavy atom. The Morgan fingerprint density at radius 3 is 2.45 bits per heavy atom. The van der Waals surface area contributed by atoms with Gasteiger partial charge in [-0.2, -0.15) is 5.26 Å². The fourth-order valence-corrected chi connectivity index (χ4v) is 4.48. The molecule has 1 aliphatic heterocycles. The fourth-order valence-electron chi connectivity index (χ4n) is 4.48.